The van der Waals surface area contributed by atoms with E-state index in [1.165, 1.54) is 6.20 Å². The molecule has 2 N–H and O–H groups in total. The average Bonchev–Trinajstić information content (AvgIpc) is 2.48. The van der Waals surface area contributed by atoms with Crippen molar-refractivity contribution in [1.82, 2.24) is 4.98 Å². The van der Waals surface area contributed by atoms with Crippen LogP contribution in [0.2, 0.25) is 0 Å². The Labute approximate surface area is 129 Å². The van der Waals surface area contributed by atoms with Gasteiger partial charge in [0.05, 0.1) is 21.0 Å². The highest BCUT2D eigenvalue weighted by Crippen LogP contribution is 2.25. The van der Waals surface area contributed by atoms with Crippen LogP contribution in [0.15, 0.2) is 70.6 Å². The lowest BCUT2D eigenvalue weighted by Crippen LogP contribution is -2.02. The summed E-state index contributed by atoms with van der Waals surface area (Å²) in [7, 11) is -3.55. The van der Waals surface area contributed by atoms with E-state index in [4.69, 9.17) is 5.73 Å². The highest BCUT2D eigenvalue weighted by Gasteiger charge is 2.18. The zero-order valence-corrected chi connectivity index (χ0v) is 12.6. The van der Waals surface area contributed by atoms with Gasteiger partial charge in [-0.15, -0.1) is 12.4 Å². The van der Waals surface area contributed by atoms with Crippen molar-refractivity contribution in [3.63, 3.8) is 0 Å². The molecule has 0 saturated carbocycles. The summed E-state index contributed by atoms with van der Waals surface area (Å²) in [4.78, 5) is 4.59. The zero-order chi connectivity index (χ0) is 14.2. The van der Waals surface area contributed by atoms with Crippen molar-refractivity contribution in [2.45, 2.75) is 9.79 Å². The van der Waals surface area contributed by atoms with E-state index in [0.29, 0.717) is 16.6 Å². The number of hydrogen-bond acceptors (Lipinski definition) is 4. The molecule has 1 heterocycles. The van der Waals surface area contributed by atoms with E-state index in [9.17, 15) is 8.42 Å². The van der Waals surface area contributed by atoms with Gasteiger partial charge in [-0.25, -0.2) is 8.42 Å². The zero-order valence-electron chi connectivity index (χ0n) is 10.9. The van der Waals surface area contributed by atoms with Gasteiger partial charge < -0.3 is 5.73 Å². The van der Waals surface area contributed by atoms with Crippen LogP contribution >= 0.6 is 12.4 Å². The average molecular weight is 321 g/mol. The number of sulfone groups is 1. The number of benzene rings is 2. The third-order valence-corrected chi connectivity index (χ3v) is 4.82. The molecule has 0 unspecified atom stereocenters. The molecule has 0 spiro atoms. The molecule has 0 bridgehead atoms. The fourth-order valence-electron chi connectivity index (χ4n) is 2.05. The molecule has 0 atom stereocenters. The number of nitrogen functional groups attached to an aromatic ring is 1. The van der Waals surface area contributed by atoms with Crippen molar-refractivity contribution < 1.29 is 8.42 Å². The molecule has 2 aromatic carbocycles. The van der Waals surface area contributed by atoms with Crippen molar-refractivity contribution in [2.24, 2.45) is 0 Å². The minimum Gasteiger partial charge on any atom is -0.397 e. The lowest BCUT2D eigenvalue weighted by molar-refractivity contribution is 0.596. The maximum absolute atomic E-state index is 12.5. The van der Waals surface area contributed by atoms with Crippen molar-refractivity contribution in [2.75, 3.05) is 5.73 Å². The van der Waals surface area contributed by atoms with Gasteiger partial charge in [-0.3, -0.25) is 4.98 Å². The lowest BCUT2D eigenvalue weighted by Gasteiger charge is -2.06. The van der Waals surface area contributed by atoms with Gasteiger partial charge in [-0.1, -0.05) is 30.3 Å². The van der Waals surface area contributed by atoms with E-state index in [-0.39, 0.29) is 22.2 Å². The van der Waals surface area contributed by atoms with Crippen LogP contribution in [0.1, 0.15) is 0 Å². The second-order valence-electron chi connectivity index (χ2n) is 4.41. The Kier molecular flexibility index (Phi) is 4.16. The highest BCUT2D eigenvalue weighted by molar-refractivity contribution is 7.91. The first-order valence-corrected chi connectivity index (χ1v) is 7.52. The molecule has 0 amide bonds. The van der Waals surface area contributed by atoms with Gasteiger partial charge in [0.1, 0.15) is 0 Å². The first-order valence-electron chi connectivity index (χ1n) is 6.03. The summed E-state index contributed by atoms with van der Waals surface area (Å²) in [5.74, 6) is 0. The first-order chi connectivity index (χ1) is 9.59. The summed E-state index contributed by atoms with van der Waals surface area (Å²) in [6, 6.07) is 15.2. The Balaban J connectivity index is 0.00000161. The summed E-state index contributed by atoms with van der Waals surface area (Å²) in [5, 5.41) is 0.710. The molecular formula is C15H13ClN2O2S. The van der Waals surface area contributed by atoms with Crippen molar-refractivity contribution in [3.8, 4) is 0 Å². The van der Waals surface area contributed by atoms with Crippen LogP contribution in [0.4, 0.5) is 5.69 Å². The monoisotopic (exact) mass is 320 g/mol. The Morgan fingerprint density at radius 1 is 0.905 bits per heavy atom. The molecule has 0 saturated heterocycles. The molecular weight excluding hydrogens is 308 g/mol. The smallest absolute Gasteiger partial charge is 0.208 e. The summed E-state index contributed by atoms with van der Waals surface area (Å²) < 4.78 is 25.0. The largest absolute Gasteiger partial charge is 0.397 e. The van der Waals surface area contributed by atoms with Crippen LogP contribution in [0, 0.1) is 0 Å². The van der Waals surface area contributed by atoms with Crippen LogP contribution in [0.25, 0.3) is 10.9 Å². The summed E-state index contributed by atoms with van der Waals surface area (Å²) in [6.45, 7) is 0. The Bertz CT molecular complexity index is 881. The maximum Gasteiger partial charge on any atom is 0.208 e. The molecule has 0 aliphatic carbocycles. The number of halogens is 1. The van der Waals surface area contributed by atoms with E-state index in [1.807, 2.05) is 0 Å². The molecule has 21 heavy (non-hydrogen) atoms. The van der Waals surface area contributed by atoms with Gasteiger partial charge in [0.2, 0.25) is 9.84 Å². The summed E-state index contributed by atoms with van der Waals surface area (Å²) in [6.07, 6.45) is 1.35. The van der Waals surface area contributed by atoms with Gasteiger partial charge in [-0.2, -0.15) is 0 Å². The number of pyridine rings is 1. The fourth-order valence-corrected chi connectivity index (χ4v) is 3.31. The molecule has 0 aliphatic rings. The van der Waals surface area contributed by atoms with Crippen LogP contribution in [0.3, 0.4) is 0 Å². The third kappa shape index (κ3) is 2.70. The number of nitrogens with two attached hydrogens (primary N) is 1. The van der Waals surface area contributed by atoms with E-state index < -0.39 is 9.84 Å². The predicted octanol–water partition coefficient (Wildman–Crippen LogP) is 3.07. The lowest BCUT2D eigenvalue weighted by atomic mass is 10.2. The minimum atomic E-state index is -3.55. The van der Waals surface area contributed by atoms with Gasteiger partial charge in [0.25, 0.3) is 0 Å². The van der Waals surface area contributed by atoms with Gasteiger partial charge in [0, 0.05) is 11.6 Å². The van der Waals surface area contributed by atoms with Crippen molar-refractivity contribution in [3.05, 3.63) is 60.8 Å². The number of hydrogen-bond donors (Lipinski definition) is 1. The quantitative estimate of drug-likeness (QED) is 0.736. The number of para-hydroxylation sites is 1. The second kappa shape index (κ2) is 5.71. The molecule has 0 fully saturated rings. The topological polar surface area (TPSA) is 73.1 Å². The number of aromatic nitrogens is 1. The van der Waals surface area contributed by atoms with Crippen LogP contribution in [0.5, 0.6) is 0 Å². The van der Waals surface area contributed by atoms with Gasteiger partial charge >= 0.3 is 0 Å². The Hall–Kier alpha value is -2.11. The van der Waals surface area contributed by atoms with Crippen LogP contribution in [-0.2, 0) is 9.84 Å². The van der Waals surface area contributed by atoms with Crippen LogP contribution < -0.4 is 5.73 Å². The minimum absolute atomic E-state index is 0. The SMILES string of the molecule is Cl.Nc1cccc2cc(S(=O)(=O)c3ccccc3)cnc12. The molecule has 1 aromatic heterocycles. The van der Waals surface area contributed by atoms with E-state index in [0.717, 1.165) is 0 Å². The Morgan fingerprint density at radius 2 is 1.62 bits per heavy atom. The Morgan fingerprint density at radius 3 is 2.33 bits per heavy atom. The highest BCUT2D eigenvalue weighted by atomic mass is 35.5. The van der Waals surface area contributed by atoms with Gasteiger partial charge in [-0.05, 0) is 24.3 Å². The van der Waals surface area contributed by atoms with E-state index in [2.05, 4.69) is 4.98 Å². The molecule has 0 radical (unpaired) electrons. The van der Waals surface area contributed by atoms with Gasteiger partial charge in [0.15, 0.2) is 0 Å². The molecule has 4 nitrogen and oxygen atoms in total. The standard InChI is InChI=1S/C15H12N2O2S.ClH/c16-14-8-4-5-11-9-13(10-17-15(11)14)20(18,19)12-6-2-1-3-7-12;/h1-10H,16H2;1H. The summed E-state index contributed by atoms with van der Waals surface area (Å²) >= 11 is 0. The van der Waals surface area contributed by atoms with Crippen molar-refractivity contribution >= 4 is 38.8 Å². The van der Waals surface area contributed by atoms with Crippen molar-refractivity contribution in [1.29, 1.82) is 0 Å². The third-order valence-electron chi connectivity index (χ3n) is 3.08. The fraction of sp³-hybridized carbons (Fsp3) is 0. The molecule has 108 valence electrons. The molecule has 3 aromatic rings. The molecule has 0 aliphatic heterocycles. The number of fused-ring (bicyclic) bond motifs is 1. The molecule has 3 rings (SSSR count). The number of nitrogens with zero attached hydrogens (tertiary/aromatic N) is 1. The normalized spacial score (nSPS) is 11.0. The van der Waals surface area contributed by atoms with Crippen LogP contribution in [-0.4, -0.2) is 13.4 Å². The first kappa shape index (κ1) is 15.3. The summed E-state index contributed by atoms with van der Waals surface area (Å²) in [5.41, 5.74) is 6.96. The van der Waals surface area contributed by atoms with E-state index in [1.54, 1.807) is 54.6 Å². The second-order valence-corrected chi connectivity index (χ2v) is 6.36. The van der Waals surface area contributed by atoms with E-state index >= 15 is 0 Å². The number of anilines is 1. The molecule has 6 heteroatoms. The number of rotatable bonds is 2. The maximum atomic E-state index is 12.5. The predicted molar refractivity (Wildman–Crippen MR) is 85.3 cm³/mol.